The second kappa shape index (κ2) is 14.9. The number of hydrogen-bond donors (Lipinski definition) is 1. The predicted octanol–water partition coefficient (Wildman–Crippen LogP) is 4.13. The number of carbonyl (C=O) groups excluding carboxylic acids is 1. The highest BCUT2D eigenvalue weighted by Crippen LogP contribution is 2.20. The summed E-state index contributed by atoms with van der Waals surface area (Å²) < 4.78 is 5.82. The molecule has 1 aliphatic rings. The van der Waals surface area contributed by atoms with Gasteiger partial charge in [0.2, 0.25) is 0 Å². The van der Waals surface area contributed by atoms with E-state index in [0.717, 1.165) is 57.6 Å². The first-order valence-corrected chi connectivity index (χ1v) is 10.2. The largest absolute Gasteiger partial charge is 0.378 e. The number of amides is 1. The van der Waals surface area contributed by atoms with Gasteiger partial charge in [-0.05, 0) is 63.4 Å². The smallest absolute Gasteiger partial charge is 0.253 e. The van der Waals surface area contributed by atoms with Crippen molar-refractivity contribution in [3.63, 3.8) is 0 Å². The maximum atomic E-state index is 12.7. The second-order valence-electron chi connectivity index (χ2n) is 6.98. The zero-order valence-corrected chi connectivity index (χ0v) is 18.9. The number of benzene rings is 1. The van der Waals surface area contributed by atoms with Crippen LogP contribution in [0.1, 0.15) is 56.3 Å². The van der Waals surface area contributed by atoms with E-state index in [1.54, 1.807) is 0 Å². The van der Waals surface area contributed by atoms with Crippen molar-refractivity contribution in [2.45, 2.75) is 52.1 Å². The number of nitrogens with two attached hydrogens (primary N) is 1. The predicted molar refractivity (Wildman–Crippen MR) is 122 cm³/mol. The monoisotopic (exact) mass is 433 g/mol. The fourth-order valence-electron chi connectivity index (χ4n) is 3.38. The fourth-order valence-corrected chi connectivity index (χ4v) is 3.38. The van der Waals surface area contributed by atoms with Crippen molar-refractivity contribution in [2.75, 3.05) is 44.2 Å². The first-order valence-electron chi connectivity index (χ1n) is 10.2. The molecule has 28 heavy (non-hydrogen) atoms. The van der Waals surface area contributed by atoms with E-state index in [2.05, 4.69) is 30.9 Å². The van der Waals surface area contributed by atoms with Crippen LogP contribution < -0.4 is 10.6 Å². The molecule has 1 heterocycles. The van der Waals surface area contributed by atoms with Gasteiger partial charge >= 0.3 is 0 Å². The number of hydrogen-bond acceptors (Lipinski definition) is 4. The summed E-state index contributed by atoms with van der Waals surface area (Å²) in [6, 6.07) is 8.09. The van der Waals surface area contributed by atoms with E-state index in [4.69, 9.17) is 10.5 Å². The third-order valence-corrected chi connectivity index (χ3v) is 5.07. The van der Waals surface area contributed by atoms with Gasteiger partial charge in [0.15, 0.2) is 0 Å². The van der Waals surface area contributed by atoms with E-state index in [9.17, 15) is 4.79 Å². The highest BCUT2D eigenvalue weighted by atomic mass is 35.5. The zero-order chi connectivity index (χ0) is 18.8. The van der Waals surface area contributed by atoms with Crippen LogP contribution in [-0.4, -0.2) is 56.2 Å². The average Bonchev–Trinajstić information content (AvgIpc) is 2.69. The first kappa shape index (κ1) is 27.0. The van der Waals surface area contributed by atoms with E-state index in [-0.39, 0.29) is 36.8 Å². The summed E-state index contributed by atoms with van der Waals surface area (Å²) >= 11 is 0. The van der Waals surface area contributed by atoms with Crippen molar-refractivity contribution < 1.29 is 9.53 Å². The Morgan fingerprint density at radius 2 is 1.79 bits per heavy atom. The van der Waals surface area contributed by atoms with Crippen LogP contribution in [0.5, 0.6) is 0 Å². The minimum atomic E-state index is 0. The molecule has 1 aromatic carbocycles. The molecule has 2 rings (SSSR count). The molecule has 0 aromatic heterocycles. The van der Waals surface area contributed by atoms with Crippen molar-refractivity contribution in [3.8, 4) is 0 Å². The summed E-state index contributed by atoms with van der Waals surface area (Å²) in [5.41, 5.74) is 7.48. The molecule has 0 unspecified atom stereocenters. The van der Waals surface area contributed by atoms with Gasteiger partial charge in [-0.2, -0.15) is 0 Å². The van der Waals surface area contributed by atoms with Crippen molar-refractivity contribution >= 4 is 36.4 Å². The lowest BCUT2D eigenvalue weighted by Gasteiger charge is -2.32. The molecule has 1 aromatic rings. The zero-order valence-electron chi connectivity index (χ0n) is 17.3. The Bertz CT molecular complexity index is 535. The van der Waals surface area contributed by atoms with Gasteiger partial charge in [0, 0.05) is 44.0 Å². The summed E-state index contributed by atoms with van der Waals surface area (Å²) in [6.45, 7) is 9.38. The Morgan fingerprint density at radius 3 is 2.32 bits per heavy atom. The standard InChI is InChI=1S/C21H35N3O2.2ClH/c1-3-5-14-23(4-2)19-9-7-18(8-10-19)21(25)24-15-11-20(12-16-24)26-17-6-13-22;;/h7-10,20H,3-6,11-17,22H2,1-2H3;2*1H. The van der Waals surface area contributed by atoms with Crippen LogP contribution in [0.2, 0.25) is 0 Å². The number of rotatable bonds is 10. The molecule has 1 fully saturated rings. The lowest BCUT2D eigenvalue weighted by atomic mass is 10.1. The Labute approximate surface area is 182 Å². The minimum absolute atomic E-state index is 0. The van der Waals surface area contributed by atoms with Crippen LogP contribution >= 0.6 is 24.8 Å². The third-order valence-electron chi connectivity index (χ3n) is 5.07. The molecular weight excluding hydrogens is 397 g/mol. The van der Waals surface area contributed by atoms with Crippen molar-refractivity contribution in [2.24, 2.45) is 5.73 Å². The molecular formula is C21H37Cl2N3O2. The maximum absolute atomic E-state index is 12.7. The molecule has 0 atom stereocenters. The molecule has 0 spiro atoms. The number of halogens is 2. The van der Waals surface area contributed by atoms with Gasteiger partial charge in [-0.25, -0.2) is 0 Å². The van der Waals surface area contributed by atoms with E-state index in [1.807, 2.05) is 17.0 Å². The van der Waals surface area contributed by atoms with Gasteiger partial charge in [0.05, 0.1) is 6.10 Å². The van der Waals surface area contributed by atoms with Gasteiger partial charge in [0.1, 0.15) is 0 Å². The van der Waals surface area contributed by atoms with E-state index >= 15 is 0 Å². The summed E-state index contributed by atoms with van der Waals surface area (Å²) in [7, 11) is 0. The lowest BCUT2D eigenvalue weighted by Crippen LogP contribution is -2.41. The topological polar surface area (TPSA) is 58.8 Å². The SMILES string of the molecule is CCCCN(CC)c1ccc(C(=O)N2CCC(OCCCN)CC2)cc1.Cl.Cl. The van der Waals surface area contributed by atoms with Crippen LogP contribution in [-0.2, 0) is 4.74 Å². The summed E-state index contributed by atoms with van der Waals surface area (Å²) in [6.07, 6.45) is 5.38. The molecule has 1 amide bonds. The van der Waals surface area contributed by atoms with Gasteiger partial charge in [-0.3, -0.25) is 4.79 Å². The minimum Gasteiger partial charge on any atom is -0.378 e. The molecule has 0 saturated carbocycles. The number of nitrogens with zero attached hydrogens (tertiary/aromatic N) is 2. The molecule has 2 N–H and O–H groups in total. The maximum Gasteiger partial charge on any atom is 0.253 e. The number of unbranched alkanes of at least 4 members (excludes halogenated alkanes) is 1. The molecule has 5 nitrogen and oxygen atoms in total. The molecule has 7 heteroatoms. The molecule has 0 radical (unpaired) electrons. The Balaban J connectivity index is 0.00000364. The molecule has 1 aliphatic heterocycles. The Hall–Kier alpha value is -1.01. The van der Waals surface area contributed by atoms with Crippen molar-refractivity contribution in [3.05, 3.63) is 29.8 Å². The molecule has 1 saturated heterocycles. The van der Waals surface area contributed by atoms with E-state index < -0.39 is 0 Å². The van der Waals surface area contributed by atoms with E-state index in [1.165, 1.54) is 18.5 Å². The lowest BCUT2D eigenvalue weighted by molar-refractivity contribution is 0.00845. The van der Waals surface area contributed by atoms with Crippen LogP contribution in [0.25, 0.3) is 0 Å². The number of anilines is 1. The van der Waals surface area contributed by atoms with Crippen LogP contribution in [0, 0.1) is 0 Å². The number of piperidine rings is 1. The van der Waals surface area contributed by atoms with Crippen LogP contribution in [0.15, 0.2) is 24.3 Å². The highest BCUT2D eigenvalue weighted by Gasteiger charge is 2.24. The average molecular weight is 434 g/mol. The number of carbonyl (C=O) groups is 1. The van der Waals surface area contributed by atoms with Crippen molar-refractivity contribution in [1.82, 2.24) is 4.90 Å². The van der Waals surface area contributed by atoms with Gasteiger partial charge in [-0.15, -0.1) is 24.8 Å². The molecule has 0 aliphatic carbocycles. The van der Waals surface area contributed by atoms with Gasteiger partial charge < -0.3 is 20.3 Å². The highest BCUT2D eigenvalue weighted by molar-refractivity contribution is 5.94. The van der Waals surface area contributed by atoms with Crippen LogP contribution in [0.3, 0.4) is 0 Å². The molecule has 162 valence electrons. The Morgan fingerprint density at radius 1 is 1.14 bits per heavy atom. The van der Waals surface area contributed by atoms with Crippen molar-refractivity contribution in [1.29, 1.82) is 0 Å². The quantitative estimate of drug-likeness (QED) is 0.563. The summed E-state index contributed by atoms with van der Waals surface area (Å²) in [5.74, 6) is 0.133. The van der Waals surface area contributed by atoms with Crippen LogP contribution in [0.4, 0.5) is 5.69 Å². The van der Waals surface area contributed by atoms with E-state index in [0.29, 0.717) is 6.54 Å². The van der Waals surface area contributed by atoms with Gasteiger partial charge in [-0.1, -0.05) is 13.3 Å². The first-order chi connectivity index (χ1) is 12.7. The third kappa shape index (κ3) is 8.16. The number of ether oxygens (including phenoxy) is 1. The molecule has 0 bridgehead atoms. The summed E-state index contributed by atoms with van der Waals surface area (Å²) in [5, 5.41) is 0. The fraction of sp³-hybridized carbons (Fsp3) is 0.667. The second-order valence-corrected chi connectivity index (χ2v) is 6.98. The summed E-state index contributed by atoms with van der Waals surface area (Å²) in [4.78, 5) is 17.1. The number of likely N-dealkylation sites (tertiary alicyclic amines) is 1. The Kier molecular flexibility index (Phi) is 14.4. The van der Waals surface area contributed by atoms with Gasteiger partial charge in [0.25, 0.3) is 5.91 Å². The normalized spacial score (nSPS) is 14.2.